The lowest BCUT2D eigenvalue weighted by Gasteiger charge is -2.04. The molecule has 94 valence electrons. The average Bonchev–Trinajstić information content (AvgIpc) is 2.58. The molecule has 8 heteroatoms. The van der Waals surface area contributed by atoms with E-state index in [2.05, 4.69) is 5.10 Å². The quantitative estimate of drug-likeness (QED) is 0.859. The Labute approximate surface area is 97.7 Å². The van der Waals surface area contributed by atoms with Crippen molar-refractivity contribution in [2.45, 2.75) is 0 Å². The van der Waals surface area contributed by atoms with Crippen LogP contribution in [0.2, 0.25) is 0 Å². The van der Waals surface area contributed by atoms with Crippen molar-refractivity contribution in [1.29, 1.82) is 0 Å². The maximum atomic E-state index is 13.4. The van der Waals surface area contributed by atoms with E-state index in [4.69, 9.17) is 5.11 Å². The summed E-state index contributed by atoms with van der Waals surface area (Å²) >= 11 is 0. The number of nitrogens with zero attached hydrogens (tertiary/aromatic N) is 2. The number of benzene rings is 1. The molecule has 1 heterocycles. The third-order valence-electron chi connectivity index (χ3n) is 2.11. The van der Waals surface area contributed by atoms with Crippen molar-refractivity contribution in [2.24, 2.45) is 0 Å². The van der Waals surface area contributed by atoms with E-state index >= 15 is 0 Å². The predicted molar refractivity (Wildman–Crippen MR) is 52.1 cm³/mol. The first-order valence-electron chi connectivity index (χ1n) is 4.57. The molecule has 0 atom stereocenters. The Morgan fingerprint density at radius 3 is 2.22 bits per heavy atom. The number of aromatic nitrogens is 2. The molecule has 2 aromatic rings. The van der Waals surface area contributed by atoms with Crippen molar-refractivity contribution < 1.29 is 28.2 Å². The van der Waals surface area contributed by atoms with Crippen LogP contribution in [-0.4, -0.2) is 26.0 Å². The van der Waals surface area contributed by atoms with Crippen molar-refractivity contribution >= 4 is 5.97 Å². The zero-order chi connectivity index (χ0) is 13.4. The predicted octanol–water partition coefficient (Wildman–Crippen LogP) is 1.69. The molecule has 0 unspecified atom stereocenters. The van der Waals surface area contributed by atoms with Crippen LogP contribution in [0.15, 0.2) is 18.3 Å². The van der Waals surface area contributed by atoms with E-state index in [1.54, 1.807) is 0 Å². The maximum absolute atomic E-state index is 13.4. The third-order valence-corrected chi connectivity index (χ3v) is 2.11. The number of carboxylic acids is 1. The van der Waals surface area contributed by atoms with Gasteiger partial charge in [-0.25, -0.2) is 22.6 Å². The normalized spacial score (nSPS) is 10.6. The monoisotopic (exact) mass is 258 g/mol. The molecular formula is C10H5F3N2O3. The maximum Gasteiger partial charge on any atom is 0.360 e. The van der Waals surface area contributed by atoms with Crippen molar-refractivity contribution in [3.05, 3.63) is 41.5 Å². The topological polar surface area (TPSA) is 75.3 Å². The fraction of sp³-hybridized carbons (Fsp3) is 0. The number of carboxylic acid groups (broad SMARTS) is 1. The Hall–Kier alpha value is -2.51. The summed E-state index contributed by atoms with van der Waals surface area (Å²) in [6.45, 7) is 0. The molecule has 0 spiro atoms. The molecule has 0 bridgehead atoms. The first-order chi connectivity index (χ1) is 8.40. The molecular weight excluding hydrogens is 253 g/mol. The second-order valence-electron chi connectivity index (χ2n) is 3.33. The van der Waals surface area contributed by atoms with Gasteiger partial charge in [-0.05, 0) is 0 Å². The van der Waals surface area contributed by atoms with Crippen LogP contribution in [0.1, 0.15) is 10.5 Å². The molecule has 0 radical (unpaired) electrons. The number of aromatic carboxylic acids is 1. The average molecular weight is 258 g/mol. The highest BCUT2D eigenvalue weighted by Gasteiger charge is 2.20. The van der Waals surface area contributed by atoms with Crippen LogP contribution in [0.3, 0.4) is 0 Å². The summed E-state index contributed by atoms with van der Waals surface area (Å²) in [7, 11) is 0. The molecule has 2 rings (SSSR count). The lowest BCUT2D eigenvalue weighted by atomic mass is 10.3. The Balaban J connectivity index is 2.63. The summed E-state index contributed by atoms with van der Waals surface area (Å²) < 4.78 is 39.9. The van der Waals surface area contributed by atoms with Crippen LogP contribution in [0.25, 0.3) is 5.69 Å². The molecule has 0 amide bonds. The van der Waals surface area contributed by atoms with E-state index in [0.29, 0.717) is 23.0 Å². The van der Waals surface area contributed by atoms with Crippen molar-refractivity contribution in [1.82, 2.24) is 9.78 Å². The van der Waals surface area contributed by atoms with Gasteiger partial charge in [0.05, 0.1) is 6.20 Å². The molecule has 0 aliphatic heterocycles. The second-order valence-corrected chi connectivity index (χ2v) is 3.33. The van der Waals surface area contributed by atoms with Gasteiger partial charge in [0.25, 0.3) is 0 Å². The lowest BCUT2D eigenvalue weighted by Crippen LogP contribution is -2.05. The second kappa shape index (κ2) is 4.06. The fourth-order valence-corrected chi connectivity index (χ4v) is 1.39. The zero-order valence-corrected chi connectivity index (χ0v) is 8.56. The van der Waals surface area contributed by atoms with E-state index < -0.39 is 40.6 Å². The molecule has 5 nitrogen and oxygen atoms in total. The van der Waals surface area contributed by atoms with Crippen molar-refractivity contribution in [2.75, 3.05) is 0 Å². The van der Waals surface area contributed by atoms with Crippen LogP contribution in [0.4, 0.5) is 13.2 Å². The van der Waals surface area contributed by atoms with E-state index in [-0.39, 0.29) is 0 Å². The molecule has 2 N–H and O–H groups in total. The van der Waals surface area contributed by atoms with E-state index in [9.17, 15) is 23.1 Å². The molecule has 0 aliphatic carbocycles. The molecule has 18 heavy (non-hydrogen) atoms. The van der Waals surface area contributed by atoms with Crippen molar-refractivity contribution in [3.63, 3.8) is 0 Å². The number of hydrogen-bond acceptors (Lipinski definition) is 3. The van der Waals surface area contributed by atoms with Gasteiger partial charge in [0, 0.05) is 12.1 Å². The summed E-state index contributed by atoms with van der Waals surface area (Å²) in [5.74, 6) is -5.98. The van der Waals surface area contributed by atoms with Crippen LogP contribution >= 0.6 is 0 Å². The summed E-state index contributed by atoms with van der Waals surface area (Å²) in [5.41, 5.74) is -1.54. The SMILES string of the molecule is O=C(O)c1nn(-c2c(F)cc(F)cc2F)cc1O. The Morgan fingerprint density at radius 1 is 1.22 bits per heavy atom. The minimum Gasteiger partial charge on any atom is -0.504 e. The Morgan fingerprint density at radius 2 is 1.78 bits per heavy atom. The van der Waals surface area contributed by atoms with Crippen LogP contribution in [-0.2, 0) is 0 Å². The van der Waals surface area contributed by atoms with Gasteiger partial charge in [-0.2, -0.15) is 5.10 Å². The number of aromatic hydroxyl groups is 1. The molecule has 0 aliphatic rings. The van der Waals surface area contributed by atoms with Gasteiger partial charge in [0.2, 0.25) is 5.69 Å². The van der Waals surface area contributed by atoms with E-state index in [0.717, 1.165) is 0 Å². The molecule has 0 fully saturated rings. The van der Waals surface area contributed by atoms with Gasteiger partial charge in [-0.15, -0.1) is 0 Å². The lowest BCUT2D eigenvalue weighted by molar-refractivity contribution is 0.0687. The number of hydrogen-bond donors (Lipinski definition) is 2. The number of rotatable bonds is 2. The first-order valence-corrected chi connectivity index (χ1v) is 4.57. The highest BCUT2D eigenvalue weighted by Crippen LogP contribution is 2.23. The van der Waals surface area contributed by atoms with Gasteiger partial charge in [0.15, 0.2) is 17.4 Å². The van der Waals surface area contributed by atoms with Gasteiger partial charge in [0.1, 0.15) is 11.5 Å². The van der Waals surface area contributed by atoms with Crippen LogP contribution in [0.5, 0.6) is 5.75 Å². The Kier molecular flexibility index (Phi) is 2.70. The minimum absolute atomic E-state index is 0.414. The number of carbonyl (C=O) groups is 1. The largest absolute Gasteiger partial charge is 0.504 e. The molecule has 1 aromatic heterocycles. The zero-order valence-electron chi connectivity index (χ0n) is 8.56. The van der Waals surface area contributed by atoms with Gasteiger partial charge >= 0.3 is 5.97 Å². The van der Waals surface area contributed by atoms with Crippen LogP contribution in [0, 0.1) is 17.5 Å². The van der Waals surface area contributed by atoms with E-state index in [1.165, 1.54) is 0 Å². The first kappa shape index (κ1) is 12.0. The summed E-state index contributed by atoms with van der Waals surface area (Å²) in [6.07, 6.45) is 0.711. The number of halogens is 3. The fourth-order valence-electron chi connectivity index (χ4n) is 1.39. The summed E-state index contributed by atoms with van der Waals surface area (Å²) in [6, 6.07) is 0.829. The van der Waals surface area contributed by atoms with E-state index in [1.807, 2.05) is 0 Å². The van der Waals surface area contributed by atoms with Gasteiger partial charge in [-0.3, -0.25) is 0 Å². The van der Waals surface area contributed by atoms with Gasteiger partial charge in [-0.1, -0.05) is 0 Å². The highest BCUT2D eigenvalue weighted by molar-refractivity contribution is 5.88. The molecule has 1 aromatic carbocycles. The van der Waals surface area contributed by atoms with Gasteiger partial charge < -0.3 is 10.2 Å². The standard InChI is InChI=1S/C10H5F3N2O3/c11-4-1-5(12)9(6(13)2-4)15-3-7(16)8(14-15)10(17)18/h1-3,16H,(H,17,18). The molecule has 0 saturated heterocycles. The van der Waals surface area contributed by atoms with Crippen LogP contribution < -0.4 is 0 Å². The summed E-state index contributed by atoms with van der Waals surface area (Å²) in [4.78, 5) is 10.6. The smallest absolute Gasteiger partial charge is 0.360 e. The minimum atomic E-state index is -1.56. The highest BCUT2D eigenvalue weighted by atomic mass is 19.1. The molecule has 0 saturated carbocycles. The Bertz CT molecular complexity index is 616. The third kappa shape index (κ3) is 1.88. The van der Waals surface area contributed by atoms with Crippen molar-refractivity contribution in [3.8, 4) is 11.4 Å². The summed E-state index contributed by atoms with van der Waals surface area (Å²) in [5, 5.41) is 21.1.